The first-order valence-electron chi connectivity index (χ1n) is 3.67. The van der Waals surface area contributed by atoms with Crippen LogP contribution in [-0.2, 0) is 11.2 Å². The summed E-state index contributed by atoms with van der Waals surface area (Å²) in [7, 11) is 0. The number of carboxylic acid groups (broad SMARTS) is 1. The molecule has 0 aliphatic rings. The van der Waals surface area contributed by atoms with Gasteiger partial charge in [-0.25, -0.2) is 0 Å². The second kappa shape index (κ2) is 5.14. The monoisotopic (exact) mass is 404 g/mol. The summed E-state index contributed by atoms with van der Waals surface area (Å²) in [5.41, 5.74) is 0.880. The summed E-state index contributed by atoms with van der Waals surface area (Å²) in [4.78, 5) is 12.7. The van der Waals surface area contributed by atoms with E-state index in [2.05, 4.69) is 35.7 Å². The summed E-state index contributed by atoms with van der Waals surface area (Å²) < 4.78 is 1.39. The number of benzene rings is 1. The molecule has 0 fully saturated rings. The molecular weight excluding hydrogens is 394 g/mol. The van der Waals surface area contributed by atoms with E-state index in [1.54, 1.807) is 0 Å². The van der Waals surface area contributed by atoms with Gasteiger partial charge in [-0.1, -0.05) is 0 Å². The maximum atomic E-state index is 10.4. The molecule has 1 aromatic rings. The van der Waals surface area contributed by atoms with E-state index in [0.29, 0.717) is 0 Å². The molecule has 1 N–H and O–H groups in total. The summed E-state index contributed by atoms with van der Waals surface area (Å²) >= 11 is 1.57. The van der Waals surface area contributed by atoms with Crippen molar-refractivity contribution >= 4 is 40.4 Å². The minimum atomic E-state index is -0.920. The van der Waals surface area contributed by atoms with Crippen molar-refractivity contribution in [1.82, 2.24) is 0 Å². The van der Waals surface area contributed by atoms with Gasteiger partial charge in [0.05, 0.1) is 0 Å². The quantitative estimate of drug-likeness (QED) is 0.622. The van der Waals surface area contributed by atoms with Crippen LogP contribution in [-0.4, -0.2) is 16.0 Å². The molecule has 72 valence electrons. The molecule has 2 nitrogen and oxygen atoms in total. The first kappa shape index (κ1) is 11.2. The van der Waals surface area contributed by atoms with Gasteiger partial charge in [0, 0.05) is 0 Å². The fourth-order valence-electron chi connectivity index (χ4n) is 0.950. The van der Waals surface area contributed by atoms with Gasteiger partial charge in [-0.05, 0) is 0 Å². The summed E-state index contributed by atoms with van der Waals surface area (Å²) in [5, 5.41) is 8.55. The van der Waals surface area contributed by atoms with E-state index in [1.807, 2.05) is 12.1 Å². The van der Waals surface area contributed by atoms with Crippen LogP contribution < -0.4 is 0 Å². The van der Waals surface area contributed by atoms with Crippen LogP contribution in [0.15, 0.2) is 24.3 Å². The molecule has 0 saturated heterocycles. The van der Waals surface area contributed by atoms with Gasteiger partial charge in [0.15, 0.2) is 0 Å². The summed E-state index contributed by atoms with van der Waals surface area (Å²) in [6.45, 7) is 0. The minimum absolute atomic E-state index is 0.124. The third kappa shape index (κ3) is 3.80. The molecular formula is C9H10I2O2. The Balaban J connectivity index is 2.75. The molecule has 1 aromatic carbocycles. The predicted octanol–water partition coefficient (Wildman–Crippen LogP) is 2.97. The fraction of sp³-hybridized carbons (Fsp3) is 0.222. The Bertz CT molecular complexity index is 293. The SMILES string of the molecule is CI(I)c1ccc(CC(=O)O)cc1. The number of hydrogen-bond acceptors (Lipinski definition) is 1. The van der Waals surface area contributed by atoms with Crippen molar-refractivity contribution in [2.75, 3.05) is 4.93 Å². The van der Waals surface area contributed by atoms with Crippen LogP contribution in [0.25, 0.3) is 0 Å². The average molecular weight is 404 g/mol. The summed E-state index contributed by atoms with van der Waals surface area (Å²) in [5.74, 6) is -0.769. The Kier molecular flexibility index (Phi) is 4.43. The Labute approximate surface area is 94.3 Å². The van der Waals surface area contributed by atoms with Gasteiger partial charge in [-0.3, -0.25) is 0 Å². The molecule has 4 heteroatoms. The van der Waals surface area contributed by atoms with E-state index in [9.17, 15) is 4.79 Å². The van der Waals surface area contributed by atoms with E-state index < -0.39 is 21.8 Å². The second-order valence-corrected chi connectivity index (χ2v) is 14.4. The first-order chi connectivity index (χ1) is 6.09. The van der Waals surface area contributed by atoms with Crippen molar-refractivity contribution < 1.29 is 9.90 Å². The van der Waals surface area contributed by atoms with Gasteiger partial charge in [0.1, 0.15) is 0 Å². The summed E-state index contributed by atoms with van der Waals surface area (Å²) in [6, 6.07) is 7.93. The maximum absolute atomic E-state index is 10.4. The van der Waals surface area contributed by atoms with E-state index in [-0.39, 0.29) is 6.42 Å². The molecule has 0 unspecified atom stereocenters. The normalized spacial score (nSPS) is 11.1. The molecule has 0 radical (unpaired) electrons. The third-order valence-electron chi connectivity index (χ3n) is 1.57. The van der Waals surface area contributed by atoms with Crippen molar-refractivity contribution in [2.45, 2.75) is 6.42 Å². The van der Waals surface area contributed by atoms with Crippen molar-refractivity contribution in [2.24, 2.45) is 0 Å². The molecule has 0 spiro atoms. The third-order valence-corrected chi connectivity index (χ3v) is 7.16. The molecule has 0 saturated carbocycles. The number of carboxylic acids is 1. The van der Waals surface area contributed by atoms with Gasteiger partial charge >= 0.3 is 95.1 Å². The van der Waals surface area contributed by atoms with E-state index >= 15 is 0 Å². The van der Waals surface area contributed by atoms with Gasteiger partial charge < -0.3 is 0 Å². The zero-order valence-corrected chi connectivity index (χ0v) is 11.4. The van der Waals surface area contributed by atoms with Crippen LogP contribution in [0, 0.1) is 3.57 Å². The van der Waals surface area contributed by atoms with E-state index in [1.165, 1.54) is 3.57 Å². The Morgan fingerprint density at radius 1 is 1.46 bits per heavy atom. The molecule has 0 amide bonds. The van der Waals surface area contributed by atoms with Crippen LogP contribution in [0.2, 0.25) is 0 Å². The molecule has 0 aromatic heterocycles. The van der Waals surface area contributed by atoms with Crippen LogP contribution in [0.1, 0.15) is 5.56 Å². The Morgan fingerprint density at radius 2 is 2.00 bits per heavy atom. The molecule has 0 atom stereocenters. The number of hydrogen-bond donors (Lipinski definition) is 1. The average Bonchev–Trinajstić information content (AvgIpc) is 2.04. The van der Waals surface area contributed by atoms with Crippen LogP contribution in [0.5, 0.6) is 0 Å². The molecule has 0 aliphatic heterocycles. The Hall–Kier alpha value is 0.150. The number of carbonyl (C=O) groups is 1. The topological polar surface area (TPSA) is 37.3 Å². The number of aliphatic carboxylic acids is 1. The summed E-state index contributed by atoms with van der Waals surface area (Å²) in [6.07, 6.45) is 0.124. The van der Waals surface area contributed by atoms with Gasteiger partial charge in [0.2, 0.25) is 0 Å². The first-order valence-corrected chi connectivity index (χ1v) is 13.2. The molecule has 1 rings (SSSR count). The molecule has 0 aliphatic carbocycles. The number of rotatable bonds is 3. The number of alkyl halides is 1. The fourth-order valence-corrected chi connectivity index (χ4v) is 4.12. The predicted molar refractivity (Wildman–Crippen MR) is 70.4 cm³/mol. The molecule has 13 heavy (non-hydrogen) atoms. The van der Waals surface area contributed by atoms with Gasteiger partial charge in [0.25, 0.3) is 0 Å². The molecule has 0 bridgehead atoms. The van der Waals surface area contributed by atoms with Crippen LogP contribution in [0.4, 0.5) is 0 Å². The Morgan fingerprint density at radius 3 is 2.38 bits per heavy atom. The second-order valence-electron chi connectivity index (χ2n) is 2.60. The van der Waals surface area contributed by atoms with Crippen molar-refractivity contribution in [1.29, 1.82) is 0 Å². The van der Waals surface area contributed by atoms with Gasteiger partial charge in [-0.2, -0.15) is 0 Å². The van der Waals surface area contributed by atoms with Crippen LogP contribution >= 0.6 is 34.5 Å². The molecule has 0 heterocycles. The van der Waals surface area contributed by atoms with E-state index in [0.717, 1.165) is 5.56 Å². The van der Waals surface area contributed by atoms with Gasteiger partial charge in [-0.15, -0.1) is 0 Å². The standard InChI is InChI=1S/C9H10I2O2/c1-11(10)8-4-2-7(3-5-8)6-9(12)13/h2-5H,6H2,1H3,(H,12,13). The zero-order chi connectivity index (χ0) is 9.84. The van der Waals surface area contributed by atoms with Crippen molar-refractivity contribution in [3.8, 4) is 0 Å². The number of halogens is 2. The zero-order valence-electron chi connectivity index (χ0n) is 7.13. The van der Waals surface area contributed by atoms with E-state index in [4.69, 9.17) is 5.11 Å². The van der Waals surface area contributed by atoms with Crippen molar-refractivity contribution in [3.05, 3.63) is 33.4 Å². The van der Waals surface area contributed by atoms with Crippen molar-refractivity contribution in [3.63, 3.8) is 0 Å². The van der Waals surface area contributed by atoms with Crippen LogP contribution in [0.3, 0.4) is 0 Å².